The van der Waals surface area contributed by atoms with Crippen LogP contribution in [0.4, 0.5) is 0 Å². The highest BCUT2D eigenvalue weighted by molar-refractivity contribution is 6.33. The smallest absolute Gasteiger partial charge is 0.223 e. The third kappa shape index (κ3) is 4.45. The zero-order chi connectivity index (χ0) is 22.7. The number of ether oxygens (including phenoxy) is 1. The second-order valence-electron chi connectivity index (χ2n) is 6.98. The summed E-state index contributed by atoms with van der Waals surface area (Å²) < 4.78 is 7.64. The summed E-state index contributed by atoms with van der Waals surface area (Å²) in [7, 11) is 0. The molecule has 0 aliphatic rings. The molecule has 0 unspecified atom stereocenters. The van der Waals surface area contributed by atoms with Crippen molar-refractivity contribution in [2.45, 2.75) is 13.0 Å². The molecule has 0 saturated heterocycles. The molecule has 0 saturated carbocycles. The van der Waals surface area contributed by atoms with Crippen molar-refractivity contribution in [2.75, 3.05) is 6.54 Å². The zero-order valence-electron chi connectivity index (χ0n) is 17.1. The molecule has 0 aliphatic carbocycles. The van der Waals surface area contributed by atoms with Crippen molar-refractivity contribution in [1.82, 2.24) is 19.7 Å². The van der Waals surface area contributed by atoms with Crippen LogP contribution in [0.3, 0.4) is 0 Å². The summed E-state index contributed by atoms with van der Waals surface area (Å²) in [4.78, 5) is 8.84. The molecule has 2 aromatic carbocycles. The van der Waals surface area contributed by atoms with Crippen LogP contribution in [0.15, 0.2) is 60.9 Å². The summed E-state index contributed by atoms with van der Waals surface area (Å²) in [6.45, 7) is 1.83. The Balaban J connectivity index is 1.75. The molecule has 2 aromatic heterocycles. The molecule has 3 N–H and O–H groups in total. The van der Waals surface area contributed by atoms with Gasteiger partial charge < -0.3 is 15.6 Å². The molecule has 0 bridgehead atoms. The average molecular weight is 447 g/mol. The molecule has 4 aromatic rings. The van der Waals surface area contributed by atoms with Crippen LogP contribution >= 0.6 is 11.6 Å². The quantitative estimate of drug-likeness (QED) is 0.459. The monoisotopic (exact) mass is 446 g/mol. The minimum Gasteiger partial charge on any atom is -0.437 e. The fourth-order valence-corrected chi connectivity index (χ4v) is 3.38. The Bertz CT molecular complexity index is 1310. The predicted octanol–water partition coefficient (Wildman–Crippen LogP) is 3.95. The van der Waals surface area contributed by atoms with Gasteiger partial charge in [-0.15, -0.1) is 0 Å². The Hall–Kier alpha value is -3.77. The molecule has 32 heavy (non-hydrogen) atoms. The number of aliphatic hydroxyl groups excluding tert-OH is 1. The van der Waals surface area contributed by atoms with E-state index < -0.39 is 6.10 Å². The zero-order valence-corrected chi connectivity index (χ0v) is 17.9. The van der Waals surface area contributed by atoms with Gasteiger partial charge in [-0.25, -0.2) is 9.67 Å². The van der Waals surface area contributed by atoms with E-state index in [4.69, 9.17) is 22.1 Å². The van der Waals surface area contributed by atoms with E-state index in [0.29, 0.717) is 39.1 Å². The maximum Gasteiger partial charge on any atom is 0.223 e. The Morgan fingerprint density at radius 3 is 2.78 bits per heavy atom. The van der Waals surface area contributed by atoms with Crippen molar-refractivity contribution in [3.8, 4) is 34.6 Å². The molecule has 0 amide bonds. The number of benzene rings is 2. The Morgan fingerprint density at radius 2 is 2.03 bits per heavy atom. The number of nitrogens with zero attached hydrogens (tertiary/aromatic N) is 5. The fourth-order valence-electron chi connectivity index (χ4n) is 3.14. The molecule has 2 heterocycles. The molecule has 4 rings (SSSR count). The third-order valence-electron chi connectivity index (χ3n) is 4.73. The van der Waals surface area contributed by atoms with Gasteiger partial charge in [0.1, 0.15) is 11.5 Å². The van der Waals surface area contributed by atoms with Crippen molar-refractivity contribution in [1.29, 1.82) is 5.26 Å². The molecule has 8 nitrogen and oxygen atoms in total. The van der Waals surface area contributed by atoms with Gasteiger partial charge in [-0.2, -0.15) is 15.3 Å². The van der Waals surface area contributed by atoms with Gasteiger partial charge in [0.15, 0.2) is 5.75 Å². The second kappa shape index (κ2) is 9.16. The lowest BCUT2D eigenvalue weighted by Crippen LogP contribution is -2.10. The van der Waals surface area contributed by atoms with E-state index in [9.17, 15) is 10.4 Å². The van der Waals surface area contributed by atoms with Gasteiger partial charge in [-0.3, -0.25) is 0 Å². The predicted molar refractivity (Wildman–Crippen MR) is 120 cm³/mol. The Morgan fingerprint density at radius 1 is 1.22 bits per heavy atom. The van der Waals surface area contributed by atoms with E-state index in [0.717, 1.165) is 5.56 Å². The van der Waals surface area contributed by atoms with Crippen LogP contribution in [0.25, 0.3) is 16.9 Å². The highest BCUT2D eigenvalue weighted by Gasteiger charge is 2.15. The molecule has 0 radical (unpaired) electrons. The van der Waals surface area contributed by atoms with Gasteiger partial charge in [0.05, 0.1) is 29.6 Å². The van der Waals surface area contributed by atoms with Gasteiger partial charge in [0.2, 0.25) is 5.88 Å². The minimum absolute atomic E-state index is 0.0768. The Labute approximate surface area is 189 Å². The first-order valence-corrected chi connectivity index (χ1v) is 10.1. The summed E-state index contributed by atoms with van der Waals surface area (Å²) in [5.74, 6) is 1.16. The molecule has 0 aliphatic heterocycles. The highest BCUT2D eigenvalue weighted by atomic mass is 35.5. The lowest BCUT2D eigenvalue weighted by molar-refractivity contribution is 0.186. The van der Waals surface area contributed by atoms with Crippen LogP contribution in [-0.2, 0) is 0 Å². The standard InChI is InChI=1S/C23H19ClN6O2/c1-14-28-19(17-4-2-3-5-18(17)24)9-23(29-14)32-22-8-15(10-25)6-7-20(22)30-13-16(12-27-30)21(31)11-26/h2-9,12-13,21,31H,11,26H2,1H3/t21-/m1/s1. The van der Waals surface area contributed by atoms with Gasteiger partial charge in [0, 0.05) is 41.0 Å². The first-order chi connectivity index (χ1) is 15.5. The summed E-state index contributed by atoms with van der Waals surface area (Å²) >= 11 is 6.33. The number of nitrogens with two attached hydrogens (primary N) is 1. The van der Waals surface area contributed by atoms with Crippen LogP contribution in [0, 0.1) is 18.3 Å². The molecule has 0 fully saturated rings. The second-order valence-corrected chi connectivity index (χ2v) is 7.39. The minimum atomic E-state index is -0.825. The highest BCUT2D eigenvalue weighted by Crippen LogP contribution is 2.32. The van der Waals surface area contributed by atoms with Crippen LogP contribution in [0.1, 0.15) is 23.1 Å². The van der Waals surface area contributed by atoms with Gasteiger partial charge in [0.25, 0.3) is 0 Å². The van der Waals surface area contributed by atoms with Crippen LogP contribution in [0.2, 0.25) is 5.02 Å². The summed E-state index contributed by atoms with van der Waals surface area (Å²) in [6, 6.07) is 16.1. The van der Waals surface area contributed by atoms with Gasteiger partial charge in [-0.05, 0) is 25.1 Å². The van der Waals surface area contributed by atoms with Crippen LogP contribution < -0.4 is 10.5 Å². The third-order valence-corrected chi connectivity index (χ3v) is 5.05. The summed E-state index contributed by atoms with van der Waals surface area (Å²) in [5, 5.41) is 24.2. The van der Waals surface area contributed by atoms with Crippen molar-refractivity contribution >= 4 is 11.6 Å². The van der Waals surface area contributed by atoms with Crippen LogP contribution in [-0.4, -0.2) is 31.4 Å². The van der Waals surface area contributed by atoms with E-state index in [1.54, 1.807) is 48.1 Å². The number of aromatic nitrogens is 4. The van der Waals surface area contributed by atoms with Crippen molar-refractivity contribution in [2.24, 2.45) is 5.73 Å². The first kappa shape index (κ1) is 21.5. The van der Waals surface area contributed by atoms with Crippen molar-refractivity contribution < 1.29 is 9.84 Å². The Kier molecular flexibility index (Phi) is 6.14. The molecular weight excluding hydrogens is 428 g/mol. The molecule has 9 heteroatoms. The molecular formula is C23H19ClN6O2. The topological polar surface area (TPSA) is 123 Å². The molecule has 1 atom stereocenters. The lowest BCUT2D eigenvalue weighted by atomic mass is 10.1. The largest absolute Gasteiger partial charge is 0.437 e. The molecule has 160 valence electrons. The van der Waals surface area contributed by atoms with E-state index in [2.05, 4.69) is 21.1 Å². The molecule has 0 spiro atoms. The summed E-state index contributed by atoms with van der Waals surface area (Å²) in [6.07, 6.45) is 2.37. The number of hydrogen-bond donors (Lipinski definition) is 2. The average Bonchev–Trinajstić information content (AvgIpc) is 3.28. The maximum absolute atomic E-state index is 9.99. The van der Waals surface area contributed by atoms with E-state index >= 15 is 0 Å². The normalized spacial score (nSPS) is 11.7. The van der Waals surface area contributed by atoms with E-state index in [-0.39, 0.29) is 12.4 Å². The number of hydrogen-bond acceptors (Lipinski definition) is 7. The fraction of sp³-hybridized carbons (Fsp3) is 0.130. The van der Waals surface area contributed by atoms with Crippen LogP contribution in [0.5, 0.6) is 11.6 Å². The lowest BCUT2D eigenvalue weighted by Gasteiger charge is -2.13. The maximum atomic E-state index is 9.99. The summed E-state index contributed by atoms with van der Waals surface area (Å²) in [5.41, 5.74) is 8.45. The number of aryl methyl sites for hydroxylation is 1. The number of halogens is 1. The number of nitriles is 1. The van der Waals surface area contributed by atoms with Gasteiger partial charge in [-0.1, -0.05) is 29.8 Å². The van der Waals surface area contributed by atoms with E-state index in [1.165, 1.54) is 6.20 Å². The SMILES string of the molecule is Cc1nc(Oc2cc(C#N)ccc2-n2cc([C@H](O)CN)cn2)cc(-c2ccccc2Cl)n1. The van der Waals surface area contributed by atoms with Crippen molar-refractivity contribution in [3.05, 3.63) is 82.9 Å². The number of aliphatic hydroxyl groups is 1. The van der Waals surface area contributed by atoms with Gasteiger partial charge >= 0.3 is 0 Å². The van der Waals surface area contributed by atoms with E-state index in [1.807, 2.05) is 18.2 Å². The first-order valence-electron chi connectivity index (χ1n) is 9.74. The van der Waals surface area contributed by atoms with Crippen molar-refractivity contribution in [3.63, 3.8) is 0 Å². The number of rotatable bonds is 6.